The number of amides is 2. The average molecular weight is 813 g/mol. The molecule has 0 saturated heterocycles. The van der Waals surface area contributed by atoms with Crippen molar-refractivity contribution < 1.29 is 34.1 Å². The van der Waals surface area contributed by atoms with Crippen LogP contribution in [0, 0.1) is 0 Å². The quantitative estimate of drug-likeness (QED) is 0.0273. The molecule has 0 spiro atoms. The maximum atomic E-state index is 12.8. The molecule has 2 unspecified atom stereocenters. The van der Waals surface area contributed by atoms with E-state index in [0.29, 0.717) is 25.7 Å². The van der Waals surface area contributed by atoms with Crippen LogP contribution in [0.4, 0.5) is 0 Å². The second-order valence-electron chi connectivity index (χ2n) is 15.5. The number of carboxylic acid groups (broad SMARTS) is 1. The van der Waals surface area contributed by atoms with Gasteiger partial charge in [0.15, 0.2) is 0 Å². The molecule has 0 radical (unpaired) electrons. The van der Waals surface area contributed by atoms with Crippen LogP contribution in [0.25, 0.3) is 0 Å². The Morgan fingerprint density at radius 2 is 0.966 bits per heavy atom. The summed E-state index contributed by atoms with van der Waals surface area (Å²) in [5.41, 5.74) is 0. The van der Waals surface area contributed by atoms with Crippen molar-refractivity contribution in [3.05, 3.63) is 60.8 Å². The van der Waals surface area contributed by atoms with Crippen molar-refractivity contribution in [2.24, 2.45) is 0 Å². The minimum Gasteiger partial charge on any atom is -0.480 e. The molecule has 0 rings (SSSR count). The van der Waals surface area contributed by atoms with Crippen LogP contribution < -0.4 is 10.6 Å². The first-order valence-electron chi connectivity index (χ1n) is 23.2. The number of aliphatic hydroxyl groups is 1. The number of aliphatic carboxylic acids is 1. The summed E-state index contributed by atoms with van der Waals surface area (Å²) in [4.78, 5) is 47.9. The number of carbonyl (C=O) groups is 4. The summed E-state index contributed by atoms with van der Waals surface area (Å²) in [5, 5.41) is 22.6. The van der Waals surface area contributed by atoms with Crippen LogP contribution in [0.3, 0.4) is 0 Å². The molecule has 0 aromatic rings. The fraction of sp³-hybridized carbons (Fsp3) is 0.714. The predicted molar refractivity (Wildman–Crippen MR) is 240 cm³/mol. The smallest absolute Gasteiger partial charge is 0.328 e. The molecule has 58 heavy (non-hydrogen) atoms. The normalized spacial score (nSPS) is 13.0. The Balaban J connectivity index is 4.43. The summed E-state index contributed by atoms with van der Waals surface area (Å²) in [6.07, 6.45) is 52.6. The molecule has 0 aliphatic carbocycles. The highest BCUT2D eigenvalue weighted by Crippen LogP contribution is 2.16. The topological polar surface area (TPSA) is 142 Å². The molecule has 0 aliphatic rings. The van der Waals surface area contributed by atoms with Gasteiger partial charge in [0, 0.05) is 12.8 Å². The standard InChI is InChI=1S/C49H84N2O7/c1-3-5-7-9-11-13-15-17-19-20-21-22-23-25-27-29-31-33-35-41-48(55)58-44(38-34-32-30-28-26-24-18-16-14-12-10-8-6-4-2)39-36-37-40-46(53)50-42-47(54)51-45(43-52)49(56)57/h6,8,12,14,18,24,28,30,34,38,44-45,52H,3-5,7,9-11,13,15-17,19-23,25-27,29,31-33,35-37,39-43H2,1-2H3,(H,50,53)(H,51,54)(H,56,57)/b8-6-,14-12-,24-18-,30-28-,38-34-. The lowest BCUT2D eigenvalue weighted by atomic mass is 10.0. The number of ether oxygens (including phenoxy) is 1. The van der Waals surface area contributed by atoms with E-state index >= 15 is 0 Å². The van der Waals surface area contributed by atoms with Crippen LogP contribution in [0.1, 0.15) is 200 Å². The first-order valence-corrected chi connectivity index (χ1v) is 23.2. The van der Waals surface area contributed by atoms with Crippen LogP contribution in [-0.4, -0.2) is 59.3 Å². The highest BCUT2D eigenvalue weighted by atomic mass is 16.5. The van der Waals surface area contributed by atoms with Gasteiger partial charge in [-0.25, -0.2) is 4.79 Å². The highest BCUT2D eigenvalue weighted by molar-refractivity contribution is 5.87. The molecule has 0 heterocycles. The molecule has 4 N–H and O–H groups in total. The van der Waals surface area contributed by atoms with Crippen molar-refractivity contribution in [2.75, 3.05) is 13.2 Å². The molecule has 0 fully saturated rings. The minimum absolute atomic E-state index is 0.182. The van der Waals surface area contributed by atoms with Gasteiger partial charge < -0.3 is 25.6 Å². The van der Waals surface area contributed by atoms with Gasteiger partial charge in [-0.3, -0.25) is 14.4 Å². The van der Waals surface area contributed by atoms with Crippen LogP contribution in [-0.2, 0) is 23.9 Å². The molecule has 2 atom stereocenters. The van der Waals surface area contributed by atoms with E-state index in [1.807, 2.05) is 12.2 Å². The lowest BCUT2D eigenvalue weighted by Crippen LogP contribution is -2.47. The van der Waals surface area contributed by atoms with Gasteiger partial charge in [0.25, 0.3) is 0 Å². The molecular weight excluding hydrogens is 729 g/mol. The third-order valence-electron chi connectivity index (χ3n) is 10.0. The second kappa shape index (κ2) is 43.1. The first-order chi connectivity index (χ1) is 28.3. The van der Waals surface area contributed by atoms with Crippen LogP contribution in [0.15, 0.2) is 60.8 Å². The zero-order valence-electron chi connectivity index (χ0n) is 36.8. The minimum atomic E-state index is -1.41. The Labute approximate surface area is 353 Å². The molecule has 9 heteroatoms. The van der Waals surface area contributed by atoms with Crippen molar-refractivity contribution in [3.8, 4) is 0 Å². The van der Waals surface area contributed by atoms with Crippen LogP contribution in [0.2, 0.25) is 0 Å². The van der Waals surface area contributed by atoms with E-state index in [9.17, 15) is 19.2 Å². The number of carbonyl (C=O) groups excluding carboxylic acids is 3. The zero-order valence-corrected chi connectivity index (χ0v) is 36.8. The maximum Gasteiger partial charge on any atom is 0.328 e. The second-order valence-corrected chi connectivity index (χ2v) is 15.5. The van der Waals surface area contributed by atoms with Crippen LogP contribution >= 0.6 is 0 Å². The van der Waals surface area contributed by atoms with E-state index in [1.165, 1.54) is 103 Å². The monoisotopic (exact) mass is 813 g/mol. The fourth-order valence-electron chi connectivity index (χ4n) is 6.48. The summed E-state index contributed by atoms with van der Waals surface area (Å²) < 4.78 is 5.86. The Bertz CT molecular complexity index is 1160. The summed E-state index contributed by atoms with van der Waals surface area (Å²) in [5.74, 6) is -2.57. The number of hydrogen-bond acceptors (Lipinski definition) is 6. The average Bonchev–Trinajstić information content (AvgIpc) is 3.21. The van der Waals surface area contributed by atoms with E-state index < -0.39 is 24.5 Å². The summed E-state index contributed by atoms with van der Waals surface area (Å²) in [7, 11) is 0. The maximum absolute atomic E-state index is 12.8. The van der Waals surface area contributed by atoms with Crippen molar-refractivity contribution in [1.29, 1.82) is 0 Å². The number of rotatable bonds is 41. The fourth-order valence-corrected chi connectivity index (χ4v) is 6.48. The largest absolute Gasteiger partial charge is 0.480 e. The van der Waals surface area contributed by atoms with Crippen molar-refractivity contribution in [3.63, 3.8) is 0 Å². The Kier molecular flexibility index (Phi) is 40.6. The molecule has 332 valence electrons. The number of allylic oxidation sites excluding steroid dienone is 9. The van der Waals surface area contributed by atoms with E-state index in [4.69, 9.17) is 14.9 Å². The van der Waals surface area contributed by atoms with Crippen LogP contribution in [0.5, 0.6) is 0 Å². The molecule has 0 saturated carbocycles. The van der Waals surface area contributed by atoms with Gasteiger partial charge in [0.05, 0.1) is 13.2 Å². The SMILES string of the molecule is CC/C=C\C/C=C\C/C=C\C/C=C\C/C=C\C(CCCCC(=O)NCC(=O)NC(CO)C(=O)O)OC(=O)CCCCCCCCCCCCCCCCCCCCC. The third-order valence-corrected chi connectivity index (χ3v) is 10.0. The Hall–Kier alpha value is -3.46. The van der Waals surface area contributed by atoms with Gasteiger partial charge in [0.2, 0.25) is 11.8 Å². The predicted octanol–water partition coefficient (Wildman–Crippen LogP) is 11.7. The van der Waals surface area contributed by atoms with E-state index in [0.717, 1.165) is 51.4 Å². The van der Waals surface area contributed by atoms with E-state index in [2.05, 4.69) is 73.1 Å². The van der Waals surface area contributed by atoms with Crippen molar-refractivity contribution in [2.45, 2.75) is 212 Å². The Morgan fingerprint density at radius 3 is 1.41 bits per heavy atom. The van der Waals surface area contributed by atoms with Gasteiger partial charge in [-0.2, -0.15) is 0 Å². The zero-order chi connectivity index (χ0) is 42.6. The summed E-state index contributed by atoms with van der Waals surface area (Å²) in [6.45, 7) is 3.30. The van der Waals surface area contributed by atoms with Gasteiger partial charge in [0.1, 0.15) is 12.1 Å². The van der Waals surface area contributed by atoms with E-state index in [1.54, 1.807) is 0 Å². The van der Waals surface area contributed by atoms with Gasteiger partial charge in [-0.1, -0.05) is 184 Å². The molecule has 0 aromatic heterocycles. The summed E-state index contributed by atoms with van der Waals surface area (Å²) >= 11 is 0. The lowest BCUT2D eigenvalue weighted by Gasteiger charge is -2.15. The lowest BCUT2D eigenvalue weighted by molar-refractivity contribution is -0.147. The molecule has 0 aromatic carbocycles. The molecule has 9 nitrogen and oxygen atoms in total. The van der Waals surface area contributed by atoms with Crippen molar-refractivity contribution in [1.82, 2.24) is 10.6 Å². The third kappa shape index (κ3) is 39.4. The molecule has 2 amide bonds. The number of esters is 1. The van der Waals surface area contributed by atoms with Gasteiger partial charge >= 0.3 is 11.9 Å². The number of aliphatic hydroxyl groups excluding tert-OH is 1. The number of unbranched alkanes of at least 4 members (excludes halogenated alkanes) is 19. The first kappa shape index (κ1) is 54.5. The summed E-state index contributed by atoms with van der Waals surface area (Å²) in [6, 6.07) is -1.41. The van der Waals surface area contributed by atoms with Gasteiger partial charge in [-0.05, 0) is 63.9 Å². The van der Waals surface area contributed by atoms with Gasteiger partial charge in [-0.15, -0.1) is 0 Å². The number of nitrogens with one attached hydrogen (secondary N) is 2. The molecular formula is C49H84N2O7. The molecule has 0 bridgehead atoms. The number of hydrogen-bond donors (Lipinski definition) is 4. The van der Waals surface area contributed by atoms with E-state index in [-0.39, 0.29) is 30.9 Å². The van der Waals surface area contributed by atoms with Crippen molar-refractivity contribution >= 4 is 23.8 Å². The Morgan fingerprint density at radius 1 is 0.534 bits per heavy atom. The number of carboxylic acids is 1. The molecule has 0 aliphatic heterocycles. The highest BCUT2D eigenvalue weighted by Gasteiger charge is 2.19.